The third-order valence-electron chi connectivity index (χ3n) is 22.4. The van der Waals surface area contributed by atoms with Gasteiger partial charge in [0.1, 0.15) is 46.5 Å². The molecule has 2 atom stereocenters. The van der Waals surface area contributed by atoms with Crippen LogP contribution in [-0.2, 0) is 12.8 Å². The second-order valence-electron chi connectivity index (χ2n) is 29.7. The van der Waals surface area contributed by atoms with Crippen LogP contribution in [0.3, 0.4) is 0 Å². The number of carbonyl (C=O) groups excluding carboxylic acids is 2. The quantitative estimate of drug-likeness (QED) is 0.0158. The van der Waals surface area contributed by atoms with Crippen molar-refractivity contribution in [3.63, 3.8) is 0 Å². The summed E-state index contributed by atoms with van der Waals surface area (Å²) in [5.41, 5.74) is 7.66. The van der Waals surface area contributed by atoms with Crippen molar-refractivity contribution in [1.29, 1.82) is 21.0 Å². The van der Waals surface area contributed by atoms with Gasteiger partial charge in [0.05, 0.1) is 62.0 Å². The number of ketones is 2. The number of Topliss-reactive ketones (excluding diaryl/α,β-unsaturated/α-hetero) is 2. The van der Waals surface area contributed by atoms with Crippen LogP contribution >= 0.6 is 57.1 Å². The van der Waals surface area contributed by atoms with Crippen LogP contribution in [0.15, 0.2) is 46.6 Å². The Morgan fingerprint density at radius 2 is 0.701 bits per heavy atom. The van der Waals surface area contributed by atoms with Gasteiger partial charge in [-0.15, -0.1) is 45.3 Å². The minimum absolute atomic E-state index is 0.0124. The summed E-state index contributed by atoms with van der Waals surface area (Å²) < 4.78 is 84.1. The molecule has 0 fully saturated rings. The van der Waals surface area contributed by atoms with Crippen molar-refractivity contribution in [2.45, 2.75) is 285 Å². The van der Waals surface area contributed by atoms with E-state index in [-0.39, 0.29) is 67.8 Å². The number of aromatic nitrogens is 4. The predicted octanol–water partition coefficient (Wildman–Crippen LogP) is 28.7. The van der Waals surface area contributed by atoms with Crippen LogP contribution in [-0.4, -0.2) is 29.4 Å². The van der Waals surface area contributed by atoms with Crippen molar-refractivity contribution < 1.29 is 27.2 Å². The first kappa shape index (κ1) is 78.9. The zero-order valence-electron chi connectivity index (χ0n) is 63.0. The monoisotopic (exact) mass is 1530 g/mol. The Kier molecular flexibility index (Phi) is 27.1. The van der Waals surface area contributed by atoms with Crippen LogP contribution in [0.5, 0.6) is 0 Å². The minimum Gasteiger partial charge on any atom is -0.334 e. The van der Waals surface area contributed by atoms with Crippen LogP contribution in [0.4, 0.5) is 17.6 Å². The molecular formula is C88H98F4N8O2S5. The highest BCUT2D eigenvalue weighted by Gasteiger charge is 2.39. The third kappa shape index (κ3) is 15.8. The van der Waals surface area contributed by atoms with Gasteiger partial charge in [-0.2, -0.15) is 29.8 Å². The second-order valence-corrected chi connectivity index (χ2v) is 34.4. The molecule has 2 aliphatic rings. The topological polar surface area (TPSA) is 165 Å². The standard InChI is InChI=1S/C88H98F4N8O2S5/c1-7-13-19-23-25-27-29-31-35-41-57-69(47-63-71(53(49-93)50-94)59-43-65(89)67(91)45-61(59)81(63)101)103-87-79-85(105-83(57)87)73-75-76(98-107-97-75)74-78(77(73)99(79)55(37-17-11-5)39-33-21-15-9-3)100(56(38-18-12-6)40-34-22-16-10-4)80-86(74)106-84-58(42-36-32-30-28-26-24-20-14-8-2)70(104-88(80)84)48-64-72(54(51-95)52-96)60-44-66(90)68(92)46-62(60)82(64)102/h43-48,55-56H,7-42H2,1-6H3. The number of unbranched alkanes of at least 4 members (excludes halogenated alkanes) is 24. The fourth-order valence-electron chi connectivity index (χ4n) is 16.8. The molecule has 0 radical (unpaired) electrons. The Morgan fingerprint density at radius 3 is 1.04 bits per heavy atom. The number of fused-ring (bicyclic) bond motifs is 16. The van der Waals surface area contributed by atoms with Crippen LogP contribution in [0.1, 0.15) is 325 Å². The van der Waals surface area contributed by atoms with E-state index < -0.39 is 34.8 Å². The number of thiophene rings is 4. The average molecular weight is 1540 g/mol. The van der Waals surface area contributed by atoms with Gasteiger partial charge in [-0.3, -0.25) is 9.59 Å². The second kappa shape index (κ2) is 36.7. The van der Waals surface area contributed by atoms with Crippen LogP contribution in [0.2, 0.25) is 0 Å². The van der Waals surface area contributed by atoms with Crippen molar-refractivity contribution >= 4 is 164 Å². The summed E-state index contributed by atoms with van der Waals surface area (Å²) in [4.78, 5) is 31.4. The van der Waals surface area contributed by atoms with Gasteiger partial charge < -0.3 is 9.13 Å². The smallest absolute Gasteiger partial charge is 0.194 e. The molecule has 0 N–H and O–H groups in total. The van der Waals surface area contributed by atoms with E-state index in [1.807, 2.05) is 36.4 Å². The van der Waals surface area contributed by atoms with E-state index in [9.17, 15) is 30.6 Å². The highest BCUT2D eigenvalue weighted by Crippen LogP contribution is 2.58. The van der Waals surface area contributed by atoms with Crippen molar-refractivity contribution in [2.24, 2.45) is 0 Å². The number of rotatable bonds is 40. The Hall–Kier alpha value is -7.62. The van der Waals surface area contributed by atoms with Crippen LogP contribution in [0.25, 0.3) is 95.4 Å². The maximum Gasteiger partial charge on any atom is 0.194 e. The molecule has 12 rings (SSSR count). The van der Waals surface area contributed by atoms with Gasteiger partial charge in [-0.05, 0) is 110 Å². The van der Waals surface area contributed by atoms with Gasteiger partial charge in [-0.25, -0.2) is 17.6 Å². The number of halogens is 4. The van der Waals surface area contributed by atoms with Crippen molar-refractivity contribution in [3.05, 3.63) is 113 Å². The fraction of sp³-hybridized carbons (Fsp3) is 0.500. The molecule has 0 amide bonds. The first-order valence-corrected chi connectivity index (χ1v) is 44.0. The number of carbonyl (C=O) groups is 2. The molecule has 0 aliphatic heterocycles. The number of nitrogens with zero attached hydrogens (tertiary/aromatic N) is 8. The molecule has 107 heavy (non-hydrogen) atoms. The molecule has 10 nitrogen and oxygen atoms in total. The van der Waals surface area contributed by atoms with E-state index in [1.54, 1.807) is 45.3 Å². The molecule has 0 spiro atoms. The predicted molar refractivity (Wildman–Crippen MR) is 440 cm³/mol. The maximum atomic E-state index is 15.4. The van der Waals surface area contributed by atoms with E-state index in [0.29, 0.717) is 12.8 Å². The fourth-order valence-corrected chi connectivity index (χ4v) is 23.3. The van der Waals surface area contributed by atoms with Gasteiger partial charge in [-0.1, -0.05) is 221 Å². The van der Waals surface area contributed by atoms with E-state index in [4.69, 9.17) is 8.75 Å². The lowest BCUT2D eigenvalue weighted by Gasteiger charge is -2.25. The maximum absolute atomic E-state index is 15.4. The summed E-state index contributed by atoms with van der Waals surface area (Å²) >= 11 is 8.03. The normalized spacial score (nSPS) is 14.4. The molecule has 0 bridgehead atoms. The van der Waals surface area contributed by atoms with E-state index >= 15 is 17.6 Å². The van der Waals surface area contributed by atoms with Crippen molar-refractivity contribution in [2.75, 3.05) is 0 Å². The largest absolute Gasteiger partial charge is 0.334 e. The highest BCUT2D eigenvalue weighted by atomic mass is 32.1. The zero-order valence-corrected chi connectivity index (χ0v) is 67.1. The van der Waals surface area contributed by atoms with Crippen molar-refractivity contribution in [3.8, 4) is 24.3 Å². The van der Waals surface area contributed by atoms with Crippen LogP contribution in [0, 0.1) is 68.6 Å². The molecule has 0 saturated heterocycles. The first-order chi connectivity index (χ1) is 52.3. The molecule has 7 heterocycles. The summed E-state index contributed by atoms with van der Waals surface area (Å²) in [5.74, 6) is -5.85. The zero-order chi connectivity index (χ0) is 75.4. The average Bonchev–Trinajstić information content (AvgIpc) is 1.50. The van der Waals surface area contributed by atoms with Gasteiger partial charge in [0.25, 0.3) is 0 Å². The lowest BCUT2D eigenvalue weighted by atomic mass is 9.98. The molecule has 2 aliphatic carbocycles. The Morgan fingerprint density at radius 1 is 0.393 bits per heavy atom. The summed E-state index contributed by atoms with van der Waals surface area (Å²) in [5, 5.41) is 44.3. The molecule has 3 aromatic carbocycles. The van der Waals surface area contributed by atoms with E-state index in [0.717, 1.165) is 271 Å². The van der Waals surface area contributed by atoms with Crippen LogP contribution < -0.4 is 0 Å². The molecule has 19 heteroatoms. The van der Waals surface area contributed by atoms with Gasteiger partial charge in [0, 0.05) is 66.0 Å². The molecule has 0 saturated carbocycles. The Balaban J connectivity index is 1.18. The van der Waals surface area contributed by atoms with E-state index in [1.165, 1.54) is 75.9 Å². The molecular weight excluding hydrogens is 1440 g/mol. The summed E-state index contributed by atoms with van der Waals surface area (Å²) in [6.07, 6.45) is 41.6. The summed E-state index contributed by atoms with van der Waals surface area (Å²) in [6, 6.07) is 11.7. The number of hydrogen-bond acceptors (Lipinski definition) is 13. The summed E-state index contributed by atoms with van der Waals surface area (Å²) in [6.45, 7) is 13.5. The lowest BCUT2D eigenvalue weighted by Crippen LogP contribution is -2.13. The summed E-state index contributed by atoms with van der Waals surface area (Å²) in [7, 11) is 0. The number of aryl methyl sites for hydroxylation is 2. The number of nitriles is 4. The number of hydrogen-bond donors (Lipinski definition) is 0. The molecule has 7 aromatic heterocycles. The minimum atomic E-state index is -1.18. The number of benzene rings is 3. The first-order valence-electron chi connectivity index (χ1n) is 40.0. The third-order valence-corrected chi connectivity index (χ3v) is 28.0. The lowest BCUT2D eigenvalue weighted by molar-refractivity contribution is 0.103. The molecule has 2 unspecified atom stereocenters. The molecule has 10 aromatic rings. The number of allylic oxidation sites excluding steroid dienone is 6. The molecule has 560 valence electrons. The van der Waals surface area contributed by atoms with Gasteiger partial charge in [0.2, 0.25) is 0 Å². The van der Waals surface area contributed by atoms with E-state index in [2.05, 4.69) is 50.7 Å². The highest BCUT2D eigenvalue weighted by molar-refractivity contribution is 7.34. The Labute approximate surface area is 647 Å². The van der Waals surface area contributed by atoms with Gasteiger partial charge >= 0.3 is 0 Å². The van der Waals surface area contributed by atoms with Gasteiger partial charge in [0.15, 0.2) is 34.8 Å². The van der Waals surface area contributed by atoms with Crippen molar-refractivity contribution in [1.82, 2.24) is 17.9 Å². The Bertz CT molecular complexity index is 4950. The SMILES string of the molecule is CCCCCCCCCCCc1c(C=C2C(=O)c3cc(F)c(F)cc3C2=C(C#N)C#N)sc2c1sc1c3c4nsnc4c4c5sc6c(CCCCCCCCCCC)c(C=C7C(=O)c8cc(F)c(F)cc8C7=C(C#N)C#N)sc6c5n(C(CCCC)CCCCCC)c4c3n(C(CCCC)CCCCCC)c21.